The van der Waals surface area contributed by atoms with Crippen LogP contribution >= 0.6 is 0 Å². The average molecular weight is 238 g/mol. The second kappa shape index (κ2) is 4.97. The molecule has 2 rings (SSSR count). The Bertz CT molecular complexity index is 276. The average Bonchev–Trinajstić information content (AvgIpc) is 2.62. The Morgan fingerprint density at radius 1 is 1.41 bits per heavy atom. The van der Waals surface area contributed by atoms with Crippen molar-refractivity contribution < 1.29 is 4.79 Å². The van der Waals surface area contributed by atoms with Gasteiger partial charge < -0.3 is 10.2 Å². The second-order valence-corrected chi connectivity index (χ2v) is 6.78. The molecule has 1 amide bonds. The molecule has 0 aromatic rings. The highest BCUT2D eigenvalue weighted by Gasteiger charge is 2.37. The van der Waals surface area contributed by atoms with Gasteiger partial charge in [-0.15, -0.1) is 0 Å². The van der Waals surface area contributed by atoms with Crippen LogP contribution in [0.15, 0.2) is 0 Å². The second-order valence-electron chi connectivity index (χ2n) is 6.78. The fraction of sp³-hybridized carbons (Fsp3) is 0.929. The van der Waals surface area contributed by atoms with Crippen molar-refractivity contribution in [3.05, 3.63) is 0 Å². The number of nitrogens with zero attached hydrogens (tertiary/aromatic N) is 1. The van der Waals surface area contributed by atoms with Gasteiger partial charge in [-0.25, -0.2) is 0 Å². The molecule has 3 heteroatoms. The van der Waals surface area contributed by atoms with Gasteiger partial charge in [-0.2, -0.15) is 0 Å². The van der Waals surface area contributed by atoms with E-state index in [1.807, 2.05) is 0 Å². The standard InChI is InChI=1S/C14H26N2O/c1-14(2,3)12-7-13(17)16(10-12)9-11-5-4-6-15-8-11/h11-12,15H,4-10H2,1-3H3. The summed E-state index contributed by atoms with van der Waals surface area (Å²) in [5.74, 6) is 1.58. The van der Waals surface area contributed by atoms with Crippen molar-refractivity contribution in [1.82, 2.24) is 10.2 Å². The van der Waals surface area contributed by atoms with E-state index in [9.17, 15) is 4.79 Å². The van der Waals surface area contributed by atoms with Gasteiger partial charge in [-0.1, -0.05) is 20.8 Å². The first-order valence-electron chi connectivity index (χ1n) is 6.95. The van der Waals surface area contributed by atoms with E-state index in [0.717, 1.165) is 32.6 Å². The molecule has 2 fully saturated rings. The van der Waals surface area contributed by atoms with E-state index >= 15 is 0 Å². The third kappa shape index (κ3) is 3.21. The van der Waals surface area contributed by atoms with Gasteiger partial charge in [0, 0.05) is 19.5 Å². The SMILES string of the molecule is CC(C)(C)C1CC(=O)N(CC2CCCNC2)C1. The highest BCUT2D eigenvalue weighted by atomic mass is 16.2. The number of carbonyl (C=O) groups excluding carboxylic acids is 1. The van der Waals surface area contributed by atoms with Crippen LogP contribution in [0.3, 0.4) is 0 Å². The fourth-order valence-electron chi connectivity index (χ4n) is 2.92. The Labute approximate surface area is 105 Å². The fourth-order valence-corrected chi connectivity index (χ4v) is 2.92. The number of hydrogen-bond acceptors (Lipinski definition) is 2. The predicted molar refractivity (Wildman–Crippen MR) is 69.7 cm³/mol. The van der Waals surface area contributed by atoms with Crippen molar-refractivity contribution in [2.45, 2.75) is 40.0 Å². The van der Waals surface area contributed by atoms with Gasteiger partial charge in [0.05, 0.1) is 0 Å². The number of amides is 1. The summed E-state index contributed by atoms with van der Waals surface area (Å²) >= 11 is 0. The van der Waals surface area contributed by atoms with Crippen LogP contribution in [0, 0.1) is 17.3 Å². The third-order valence-corrected chi connectivity index (χ3v) is 4.32. The number of rotatable bonds is 2. The molecule has 2 heterocycles. The maximum Gasteiger partial charge on any atom is 0.222 e. The molecule has 0 bridgehead atoms. The summed E-state index contributed by atoms with van der Waals surface area (Å²) in [6.07, 6.45) is 3.29. The molecule has 3 nitrogen and oxygen atoms in total. The summed E-state index contributed by atoms with van der Waals surface area (Å²) < 4.78 is 0. The number of piperidine rings is 1. The smallest absolute Gasteiger partial charge is 0.222 e. The lowest BCUT2D eigenvalue weighted by molar-refractivity contribution is -0.128. The van der Waals surface area contributed by atoms with E-state index < -0.39 is 0 Å². The van der Waals surface area contributed by atoms with Crippen molar-refractivity contribution in [3.8, 4) is 0 Å². The molecule has 2 saturated heterocycles. The van der Waals surface area contributed by atoms with E-state index in [1.165, 1.54) is 12.8 Å². The first-order valence-corrected chi connectivity index (χ1v) is 6.95. The maximum absolute atomic E-state index is 12.0. The molecule has 0 saturated carbocycles. The topological polar surface area (TPSA) is 32.3 Å². The third-order valence-electron chi connectivity index (χ3n) is 4.32. The van der Waals surface area contributed by atoms with Gasteiger partial charge in [-0.3, -0.25) is 4.79 Å². The molecule has 2 aliphatic heterocycles. The lowest BCUT2D eigenvalue weighted by atomic mass is 9.80. The molecule has 1 N–H and O–H groups in total. The zero-order chi connectivity index (χ0) is 12.5. The molecular formula is C14H26N2O. The van der Waals surface area contributed by atoms with E-state index in [0.29, 0.717) is 17.7 Å². The molecule has 0 aromatic carbocycles. The number of nitrogens with one attached hydrogen (secondary N) is 1. The largest absolute Gasteiger partial charge is 0.342 e. The minimum atomic E-state index is 0.259. The van der Waals surface area contributed by atoms with Crippen LogP contribution in [0.1, 0.15) is 40.0 Å². The summed E-state index contributed by atoms with van der Waals surface area (Å²) in [5, 5.41) is 3.43. The van der Waals surface area contributed by atoms with Gasteiger partial charge in [0.15, 0.2) is 0 Å². The van der Waals surface area contributed by atoms with E-state index in [1.54, 1.807) is 0 Å². The predicted octanol–water partition coefficient (Wildman–Crippen LogP) is 1.88. The minimum absolute atomic E-state index is 0.259. The van der Waals surface area contributed by atoms with Crippen LogP contribution in [-0.4, -0.2) is 37.0 Å². The van der Waals surface area contributed by atoms with Crippen molar-refractivity contribution in [1.29, 1.82) is 0 Å². The molecule has 98 valence electrons. The van der Waals surface area contributed by atoms with Crippen molar-refractivity contribution in [2.75, 3.05) is 26.2 Å². The first-order chi connectivity index (χ1) is 7.97. The van der Waals surface area contributed by atoms with Gasteiger partial charge in [-0.05, 0) is 43.2 Å². The van der Waals surface area contributed by atoms with E-state index in [-0.39, 0.29) is 5.41 Å². The normalized spacial score (nSPS) is 31.0. The van der Waals surface area contributed by atoms with Crippen molar-refractivity contribution >= 4 is 5.91 Å². The molecule has 17 heavy (non-hydrogen) atoms. The molecule has 2 unspecified atom stereocenters. The summed E-state index contributed by atoms with van der Waals surface area (Å²) in [4.78, 5) is 14.1. The van der Waals surface area contributed by atoms with Gasteiger partial charge in [0.25, 0.3) is 0 Å². The number of hydrogen-bond donors (Lipinski definition) is 1. The minimum Gasteiger partial charge on any atom is -0.342 e. The summed E-state index contributed by atoms with van der Waals surface area (Å²) in [6, 6.07) is 0. The molecule has 0 aliphatic carbocycles. The van der Waals surface area contributed by atoms with Crippen LogP contribution in [0.4, 0.5) is 0 Å². The molecule has 2 atom stereocenters. The van der Waals surface area contributed by atoms with Crippen LogP contribution in [0.2, 0.25) is 0 Å². The number of carbonyl (C=O) groups is 1. The Kier molecular flexibility index (Phi) is 3.76. The molecule has 0 radical (unpaired) electrons. The van der Waals surface area contributed by atoms with Crippen LogP contribution in [-0.2, 0) is 4.79 Å². The van der Waals surface area contributed by atoms with Crippen LogP contribution < -0.4 is 5.32 Å². The zero-order valence-corrected chi connectivity index (χ0v) is 11.5. The van der Waals surface area contributed by atoms with E-state index in [2.05, 4.69) is 31.0 Å². The van der Waals surface area contributed by atoms with Crippen molar-refractivity contribution in [2.24, 2.45) is 17.3 Å². The lowest BCUT2D eigenvalue weighted by Gasteiger charge is -2.29. The Morgan fingerprint density at radius 2 is 2.18 bits per heavy atom. The highest BCUT2D eigenvalue weighted by Crippen LogP contribution is 2.34. The zero-order valence-electron chi connectivity index (χ0n) is 11.5. The molecule has 2 aliphatic rings. The first kappa shape index (κ1) is 12.9. The summed E-state index contributed by atoms with van der Waals surface area (Å²) in [6.45, 7) is 10.9. The quantitative estimate of drug-likeness (QED) is 0.796. The highest BCUT2D eigenvalue weighted by molar-refractivity contribution is 5.78. The Hall–Kier alpha value is -0.570. The van der Waals surface area contributed by atoms with Gasteiger partial charge >= 0.3 is 0 Å². The van der Waals surface area contributed by atoms with Crippen molar-refractivity contribution in [3.63, 3.8) is 0 Å². The number of likely N-dealkylation sites (tertiary alicyclic amines) is 1. The Morgan fingerprint density at radius 3 is 2.71 bits per heavy atom. The summed E-state index contributed by atoms with van der Waals surface area (Å²) in [5.41, 5.74) is 0.259. The monoisotopic (exact) mass is 238 g/mol. The molecular weight excluding hydrogens is 212 g/mol. The van der Waals surface area contributed by atoms with Gasteiger partial charge in [0.2, 0.25) is 5.91 Å². The van der Waals surface area contributed by atoms with E-state index in [4.69, 9.17) is 0 Å². The van der Waals surface area contributed by atoms with Gasteiger partial charge in [0.1, 0.15) is 0 Å². The maximum atomic E-state index is 12.0. The Balaban J connectivity index is 1.87. The molecule has 0 aromatic heterocycles. The summed E-state index contributed by atoms with van der Waals surface area (Å²) in [7, 11) is 0. The van der Waals surface area contributed by atoms with Crippen LogP contribution in [0.5, 0.6) is 0 Å². The van der Waals surface area contributed by atoms with Crippen LogP contribution in [0.25, 0.3) is 0 Å². The lowest BCUT2D eigenvalue weighted by Crippen LogP contribution is -2.39. The molecule has 0 spiro atoms.